The van der Waals surface area contributed by atoms with Crippen molar-refractivity contribution in [1.29, 1.82) is 0 Å². The molecule has 2 rings (SSSR count). The smallest absolute Gasteiger partial charge is 0.418 e. The highest BCUT2D eigenvalue weighted by molar-refractivity contribution is 6.50. The van der Waals surface area contributed by atoms with Gasteiger partial charge in [-0.2, -0.15) is 4.40 Å². The Kier molecular flexibility index (Phi) is 3.65. The van der Waals surface area contributed by atoms with E-state index in [0.29, 0.717) is 0 Å². The lowest BCUT2D eigenvalue weighted by atomic mass is 10.3. The standard InChI is InChI=1S/C9H8N.BF4/c1-3-7-10-8-4-2-6-9(10)5-1;2-1(3,4)5/h1-8H;/q+1;-1. The molecule has 0 radical (unpaired) electrons. The maximum atomic E-state index is 9.75. The van der Waals surface area contributed by atoms with Crippen molar-refractivity contribution in [3.63, 3.8) is 0 Å². The van der Waals surface area contributed by atoms with Crippen LogP contribution >= 0.6 is 0 Å². The van der Waals surface area contributed by atoms with Crippen LogP contribution in [0.15, 0.2) is 48.8 Å². The van der Waals surface area contributed by atoms with Gasteiger partial charge in [0.1, 0.15) is 0 Å². The van der Waals surface area contributed by atoms with Crippen molar-refractivity contribution in [2.24, 2.45) is 0 Å². The summed E-state index contributed by atoms with van der Waals surface area (Å²) in [7, 11) is -6.00. The van der Waals surface area contributed by atoms with Crippen molar-refractivity contribution in [2.45, 2.75) is 0 Å². The van der Waals surface area contributed by atoms with Crippen molar-refractivity contribution in [2.75, 3.05) is 0 Å². The Morgan fingerprint density at radius 3 is 1.53 bits per heavy atom. The Bertz CT molecular complexity index is 358. The summed E-state index contributed by atoms with van der Waals surface area (Å²) in [6.45, 7) is 0. The first kappa shape index (κ1) is 11.5. The molecule has 0 unspecified atom stereocenters. The van der Waals surface area contributed by atoms with Crippen molar-refractivity contribution in [3.8, 4) is 0 Å². The molecular weight excluding hydrogens is 209 g/mol. The lowest BCUT2D eigenvalue weighted by Crippen LogP contribution is -2.18. The largest absolute Gasteiger partial charge is 0.673 e. The van der Waals surface area contributed by atoms with Crippen molar-refractivity contribution in [3.05, 3.63) is 48.8 Å². The highest BCUT2D eigenvalue weighted by atomic mass is 19.5. The van der Waals surface area contributed by atoms with Crippen LogP contribution in [0.5, 0.6) is 0 Å². The first-order valence-electron chi connectivity index (χ1n) is 4.19. The van der Waals surface area contributed by atoms with Gasteiger partial charge in [0.05, 0.1) is 0 Å². The predicted octanol–water partition coefficient (Wildman–Crippen LogP) is 2.73. The third-order valence-corrected chi connectivity index (χ3v) is 1.55. The van der Waals surface area contributed by atoms with Crippen LogP contribution in [0.1, 0.15) is 0 Å². The molecule has 0 aromatic carbocycles. The Balaban J connectivity index is 0.000000195. The van der Waals surface area contributed by atoms with Crippen LogP contribution in [0.4, 0.5) is 17.3 Å². The number of hydrogen-bond acceptors (Lipinski definition) is 0. The number of pyridine rings is 2. The summed E-state index contributed by atoms with van der Waals surface area (Å²) in [5.41, 5.74) is 1.23. The van der Waals surface area contributed by atoms with E-state index in [1.807, 2.05) is 36.7 Å². The first-order valence-corrected chi connectivity index (χ1v) is 4.19. The third kappa shape index (κ3) is 5.00. The minimum atomic E-state index is -6.00. The van der Waals surface area contributed by atoms with Crippen LogP contribution < -0.4 is 4.40 Å². The van der Waals surface area contributed by atoms with E-state index in [9.17, 15) is 17.3 Å². The summed E-state index contributed by atoms with van der Waals surface area (Å²) in [5.74, 6) is 0. The highest BCUT2D eigenvalue weighted by Crippen LogP contribution is 2.06. The molecular formula is C9H8BF4N. The van der Waals surface area contributed by atoms with Crippen LogP contribution in [-0.2, 0) is 0 Å². The Labute approximate surface area is 84.1 Å². The average Bonchev–Trinajstić information content (AvgIpc) is 2.16. The van der Waals surface area contributed by atoms with E-state index < -0.39 is 7.25 Å². The summed E-state index contributed by atoms with van der Waals surface area (Å²) >= 11 is 0. The summed E-state index contributed by atoms with van der Waals surface area (Å²) in [5, 5.41) is 0. The fourth-order valence-corrected chi connectivity index (χ4v) is 1.04. The van der Waals surface area contributed by atoms with Gasteiger partial charge in [0.15, 0.2) is 12.4 Å². The van der Waals surface area contributed by atoms with E-state index in [0.717, 1.165) is 0 Å². The number of aromatic nitrogens is 1. The predicted molar refractivity (Wildman–Crippen MR) is 49.8 cm³/mol. The zero-order valence-corrected chi connectivity index (χ0v) is 7.66. The molecule has 1 nitrogen and oxygen atoms in total. The van der Waals surface area contributed by atoms with Crippen LogP contribution in [0.3, 0.4) is 0 Å². The summed E-state index contributed by atoms with van der Waals surface area (Å²) in [6, 6.07) is 12.3. The normalized spacial score (nSPS) is 10.7. The SMILES string of the molecule is F[B-](F)(F)F.c1cc[n+]2ccccc2c1. The first-order chi connectivity index (χ1) is 6.97. The molecule has 0 aliphatic rings. The minimum Gasteiger partial charge on any atom is -0.418 e. The Hall–Kier alpha value is -1.59. The summed E-state index contributed by atoms with van der Waals surface area (Å²) in [4.78, 5) is 0. The van der Waals surface area contributed by atoms with E-state index in [1.54, 1.807) is 0 Å². The van der Waals surface area contributed by atoms with Gasteiger partial charge in [-0.15, -0.1) is 0 Å². The van der Waals surface area contributed by atoms with Crippen molar-refractivity contribution in [1.82, 2.24) is 0 Å². The van der Waals surface area contributed by atoms with Gasteiger partial charge >= 0.3 is 7.25 Å². The average molecular weight is 217 g/mol. The topological polar surface area (TPSA) is 4.10 Å². The van der Waals surface area contributed by atoms with Gasteiger partial charge in [0.25, 0.3) is 0 Å². The number of rotatable bonds is 0. The minimum absolute atomic E-state index is 1.23. The molecule has 0 spiro atoms. The molecule has 80 valence electrons. The molecule has 0 aliphatic carbocycles. The number of nitrogens with zero attached hydrogens (tertiary/aromatic N) is 1. The molecule has 2 heterocycles. The maximum absolute atomic E-state index is 9.75. The molecule has 0 fully saturated rings. The molecule has 0 saturated heterocycles. The molecule has 0 aliphatic heterocycles. The highest BCUT2D eigenvalue weighted by Gasteiger charge is 2.20. The van der Waals surface area contributed by atoms with E-state index in [4.69, 9.17) is 0 Å². The van der Waals surface area contributed by atoms with Crippen LogP contribution in [0.25, 0.3) is 5.52 Å². The van der Waals surface area contributed by atoms with E-state index in [1.165, 1.54) is 5.52 Å². The number of fused-ring (bicyclic) bond motifs is 1. The number of halogens is 4. The second-order valence-electron chi connectivity index (χ2n) is 2.73. The Morgan fingerprint density at radius 2 is 1.20 bits per heavy atom. The van der Waals surface area contributed by atoms with E-state index in [-0.39, 0.29) is 0 Å². The van der Waals surface area contributed by atoms with Crippen molar-refractivity contribution < 1.29 is 21.7 Å². The second-order valence-corrected chi connectivity index (χ2v) is 2.73. The zero-order chi connectivity index (χ0) is 11.3. The molecule has 15 heavy (non-hydrogen) atoms. The molecule has 2 aromatic rings. The third-order valence-electron chi connectivity index (χ3n) is 1.55. The monoisotopic (exact) mass is 217 g/mol. The molecule has 0 N–H and O–H groups in total. The summed E-state index contributed by atoms with van der Waals surface area (Å²) < 4.78 is 41.1. The van der Waals surface area contributed by atoms with Gasteiger partial charge in [-0.1, -0.05) is 0 Å². The fraction of sp³-hybridized carbons (Fsp3) is 0. The second kappa shape index (κ2) is 4.77. The summed E-state index contributed by atoms with van der Waals surface area (Å²) in [6.07, 6.45) is 4.07. The van der Waals surface area contributed by atoms with Gasteiger partial charge < -0.3 is 17.3 Å². The maximum Gasteiger partial charge on any atom is 0.673 e. The van der Waals surface area contributed by atoms with Gasteiger partial charge in [-0.3, -0.25) is 0 Å². The molecule has 0 saturated carbocycles. The molecule has 2 aromatic heterocycles. The molecule has 6 heteroatoms. The van der Waals surface area contributed by atoms with Gasteiger partial charge in [0, 0.05) is 24.3 Å². The lowest BCUT2D eigenvalue weighted by Gasteiger charge is -1.94. The molecule has 0 amide bonds. The van der Waals surface area contributed by atoms with Crippen LogP contribution in [0.2, 0.25) is 0 Å². The van der Waals surface area contributed by atoms with Gasteiger partial charge in [-0.05, 0) is 12.1 Å². The molecule has 0 bridgehead atoms. The van der Waals surface area contributed by atoms with Crippen LogP contribution in [0, 0.1) is 0 Å². The van der Waals surface area contributed by atoms with Crippen molar-refractivity contribution >= 4 is 12.8 Å². The Morgan fingerprint density at radius 1 is 0.800 bits per heavy atom. The molecule has 0 atom stereocenters. The fourth-order valence-electron chi connectivity index (χ4n) is 1.04. The van der Waals surface area contributed by atoms with Gasteiger partial charge in [0.2, 0.25) is 5.52 Å². The zero-order valence-electron chi connectivity index (χ0n) is 7.66. The van der Waals surface area contributed by atoms with Gasteiger partial charge in [-0.25, -0.2) is 0 Å². The van der Waals surface area contributed by atoms with Crippen LogP contribution in [-0.4, -0.2) is 7.25 Å². The number of hydrogen-bond donors (Lipinski definition) is 0. The van der Waals surface area contributed by atoms with E-state index in [2.05, 4.69) is 16.5 Å². The lowest BCUT2D eigenvalue weighted by molar-refractivity contribution is -0.511. The quantitative estimate of drug-likeness (QED) is 0.363. The van der Waals surface area contributed by atoms with E-state index >= 15 is 0 Å².